The van der Waals surface area contributed by atoms with Gasteiger partial charge < -0.3 is 9.64 Å². The Balaban J connectivity index is 1.49. The zero-order valence-corrected chi connectivity index (χ0v) is 15.3. The van der Waals surface area contributed by atoms with Gasteiger partial charge in [-0.2, -0.15) is 0 Å². The average Bonchev–Trinajstić information content (AvgIpc) is 2.93. The molecule has 0 spiro atoms. The summed E-state index contributed by atoms with van der Waals surface area (Å²) in [5.74, 6) is 0.157. The number of benzene rings is 1. The van der Waals surface area contributed by atoms with Gasteiger partial charge in [-0.1, -0.05) is 12.1 Å². The Hall–Kier alpha value is -2.86. The van der Waals surface area contributed by atoms with Crippen LogP contribution in [0, 0.1) is 12.8 Å². The minimum absolute atomic E-state index is 0.0827. The normalized spacial score (nSPS) is 17.7. The highest BCUT2D eigenvalue weighted by atomic mass is 16.5. The number of aryl methyl sites for hydroxylation is 1. The molecule has 1 fully saturated rings. The second-order valence-corrected chi connectivity index (χ2v) is 6.97. The van der Waals surface area contributed by atoms with Gasteiger partial charge >= 0.3 is 0 Å². The van der Waals surface area contributed by atoms with Gasteiger partial charge in [0.2, 0.25) is 0 Å². The lowest BCUT2D eigenvalue weighted by atomic mass is 9.98. The van der Waals surface area contributed by atoms with E-state index < -0.39 is 0 Å². The standard InChI is InChI=1S/C21H22N4O2/c1-15-11-24-20(12-23-15)21(26)25-7-8-27-14-17(13-25)9-16-4-5-19-18(10-16)3-2-6-22-19/h2-6,10-12,17H,7-9,13-14H2,1H3/t17-/m1/s1. The Bertz CT molecular complexity index is 942. The predicted molar refractivity (Wildman–Crippen MR) is 102 cm³/mol. The van der Waals surface area contributed by atoms with E-state index in [2.05, 4.69) is 33.2 Å². The Morgan fingerprint density at radius 2 is 2.15 bits per heavy atom. The molecule has 27 heavy (non-hydrogen) atoms. The first kappa shape index (κ1) is 17.5. The average molecular weight is 362 g/mol. The van der Waals surface area contributed by atoms with Crippen molar-refractivity contribution in [2.24, 2.45) is 5.92 Å². The molecule has 0 radical (unpaired) electrons. The van der Waals surface area contributed by atoms with Crippen LogP contribution < -0.4 is 0 Å². The summed E-state index contributed by atoms with van der Waals surface area (Å²) >= 11 is 0. The Morgan fingerprint density at radius 1 is 1.22 bits per heavy atom. The molecule has 0 bridgehead atoms. The van der Waals surface area contributed by atoms with Crippen LogP contribution in [0.1, 0.15) is 21.7 Å². The molecule has 1 aliphatic heterocycles. The molecule has 0 N–H and O–H groups in total. The topological polar surface area (TPSA) is 68.2 Å². The van der Waals surface area contributed by atoms with Crippen molar-refractivity contribution in [2.75, 3.05) is 26.3 Å². The van der Waals surface area contributed by atoms with E-state index in [9.17, 15) is 4.79 Å². The van der Waals surface area contributed by atoms with Crippen LogP contribution in [0.5, 0.6) is 0 Å². The number of nitrogens with zero attached hydrogens (tertiary/aromatic N) is 4. The van der Waals surface area contributed by atoms with Crippen molar-refractivity contribution in [1.82, 2.24) is 19.9 Å². The SMILES string of the molecule is Cc1cnc(C(=O)N2CCOC[C@H](Cc3ccc4ncccc4c3)C2)cn1. The Kier molecular flexibility index (Phi) is 5.07. The second kappa shape index (κ2) is 7.80. The first-order valence-corrected chi connectivity index (χ1v) is 9.18. The molecule has 1 aromatic carbocycles. The van der Waals surface area contributed by atoms with E-state index in [0.29, 0.717) is 32.0 Å². The molecule has 6 heteroatoms. The van der Waals surface area contributed by atoms with Gasteiger partial charge in [-0.05, 0) is 37.1 Å². The predicted octanol–water partition coefficient (Wildman–Crippen LogP) is 2.66. The number of hydrogen-bond donors (Lipinski definition) is 0. The van der Waals surface area contributed by atoms with Gasteiger partial charge in [0.25, 0.3) is 5.91 Å². The van der Waals surface area contributed by atoms with Crippen LogP contribution in [0.25, 0.3) is 10.9 Å². The van der Waals surface area contributed by atoms with Crippen molar-refractivity contribution in [1.29, 1.82) is 0 Å². The van der Waals surface area contributed by atoms with Gasteiger partial charge in [0.05, 0.1) is 30.6 Å². The number of aromatic nitrogens is 3. The van der Waals surface area contributed by atoms with Crippen molar-refractivity contribution in [2.45, 2.75) is 13.3 Å². The summed E-state index contributed by atoms with van der Waals surface area (Å²) in [6.45, 7) is 4.28. The minimum atomic E-state index is -0.0827. The molecular weight excluding hydrogens is 340 g/mol. The van der Waals surface area contributed by atoms with E-state index in [1.165, 1.54) is 5.56 Å². The first-order valence-electron chi connectivity index (χ1n) is 9.18. The number of pyridine rings is 1. The second-order valence-electron chi connectivity index (χ2n) is 6.97. The highest BCUT2D eigenvalue weighted by Crippen LogP contribution is 2.19. The van der Waals surface area contributed by atoms with Gasteiger partial charge in [0.15, 0.2) is 0 Å². The maximum Gasteiger partial charge on any atom is 0.274 e. The smallest absolute Gasteiger partial charge is 0.274 e. The zero-order valence-electron chi connectivity index (χ0n) is 15.3. The molecule has 2 aromatic heterocycles. The number of amides is 1. The van der Waals surface area contributed by atoms with Gasteiger partial charge in [-0.3, -0.25) is 14.8 Å². The molecule has 1 atom stereocenters. The Morgan fingerprint density at radius 3 is 3.00 bits per heavy atom. The summed E-state index contributed by atoms with van der Waals surface area (Å²) in [4.78, 5) is 27.4. The van der Waals surface area contributed by atoms with Crippen LogP contribution in [-0.4, -0.2) is 52.1 Å². The van der Waals surface area contributed by atoms with Crippen LogP contribution in [0.15, 0.2) is 48.9 Å². The first-order chi connectivity index (χ1) is 13.2. The molecular formula is C21H22N4O2. The molecule has 4 rings (SSSR count). The molecule has 3 aromatic rings. The summed E-state index contributed by atoms with van der Waals surface area (Å²) in [5, 5.41) is 1.13. The molecule has 3 heterocycles. The van der Waals surface area contributed by atoms with Crippen molar-refractivity contribution >= 4 is 16.8 Å². The molecule has 6 nitrogen and oxygen atoms in total. The largest absolute Gasteiger partial charge is 0.379 e. The third kappa shape index (κ3) is 4.11. The fourth-order valence-corrected chi connectivity index (χ4v) is 3.44. The molecule has 1 saturated heterocycles. The fraction of sp³-hybridized carbons (Fsp3) is 0.333. The fourth-order valence-electron chi connectivity index (χ4n) is 3.44. The molecule has 138 valence electrons. The monoisotopic (exact) mass is 362 g/mol. The van der Waals surface area contributed by atoms with Gasteiger partial charge in [0, 0.05) is 36.8 Å². The highest BCUT2D eigenvalue weighted by Gasteiger charge is 2.24. The molecule has 0 saturated carbocycles. The highest BCUT2D eigenvalue weighted by molar-refractivity contribution is 5.92. The van der Waals surface area contributed by atoms with Crippen molar-refractivity contribution < 1.29 is 9.53 Å². The van der Waals surface area contributed by atoms with E-state index >= 15 is 0 Å². The number of carbonyl (C=O) groups is 1. The number of fused-ring (bicyclic) bond motifs is 1. The lowest BCUT2D eigenvalue weighted by Crippen LogP contribution is -2.37. The number of carbonyl (C=O) groups excluding carboxylic acids is 1. The molecule has 1 aliphatic rings. The van der Waals surface area contributed by atoms with E-state index in [4.69, 9.17) is 4.74 Å². The van der Waals surface area contributed by atoms with Gasteiger partial charge in [-0.15, -0.1) is 0 Å². The summed E-state index contributed by atoms with van der Waals surface area (Å²) in [5.41, 5.74) is 3.41. The van der Waals surface area contributed by atoms with Crippen LogP contribution in [0.3, 0.4) is 0 Å². The van der Waals surface area contributed by atoms with Crippen molar-refractivity contribution in [3.05, 3.63) is 65.9 Å². The van der Waals surface area contributed by atoms with Crippen LogP contribution in [0.4, 0.5) is 0 Å². The van der Waals surface area contributed by atoms with E-state index in [1.807, 2.05) is 24.0 Å². The lowest BCUT2D eigenvalue weighted by molar-refractivity contribution is 0.0731. The van der Waals surface area contributed by atoms with Crippen molar-refractivity contribution in [3.63, 3.8) is 0 Å². The van der Waals surface area contributed by atoms with Crippen LogP contribution in [0.2, 0.25) is 0 Å². The third-order valence-corrected chi connectivity index (χ3v) is 4.82. The van der Waals surface area contributed by atoms with Crippen LogP contribution >= 0.6 is 0 Å². The molecule has 0 aliphatic carbocycles. The lowest BCUT2D eigenvalue weighted by Gasteiger charge is -2.23. The van der Waals surface area contributed by atoms with E-state index in [0.717, 1.165) is 23.0 Å². The number of rotatable bonds is 3. The summed E-state index contributed by atoms with van der Waals surface area (Å²) < 4.78 is 5.76. The van der Waals surface area contributed by atoms with Crippen LogP contribution in [-0.2, 0) is 11.2 Å². The molecule has 0 unspecified atom stereocenters. The van der Waals surface area contributed by atoms with E-state index in [1.54, 1.807) is 18.6 Å². The van der Waals surface area contributed by atoms with Gasteiger partial charge in [0.1, 0.15) is 5.69 Å². The number of hydrogen-bond acceptors (Lipinski definition) is 5. The third-order valence-electron chi connectivity index (χ3n) is 4.82. The Labute approximate surface area is 158 Å². The maximum absolute atomic E-state index is 12.8. The quantitative estimate of drug-likeness (QED) is 0.716. The maximum atomic E-state index is 12.8. The van der Waals surface area contributed by atoms with E-state index in [-0.39, 0.29) is 11.8 Å². The zero-order chi connectivity index (χ0) is 18.6. The summed E-state index contributed by atoms with van der Waals surface area (Å²) in [6, 6.07) is 10.3. The van der Waals surface area contributed by atoms with Gasteiger partial charge in [-0.25, -0.2) is 4.98 Å². The minimum Gasteiger partial charge on any atom is -0.379 e. The van der Waals surface area contributed by atoms with Crippen molar-refractivity contribution in [3.8, 4) is 0 Å². The molecule has 1 amide bonds. The number of ether oxygens (including phenoxy) is 1. The summed E-state index contributed by atoms with van der Waals surface area (Å²) in [6.07, 6.45) is 5.84. The summed E-state index contributed by atoms with van der Waals surface area (Å²) in [7, 11) is 0.